The maximum absolute atomic E-state index is 12.4. The van der Waals surface area contributed by atoms with Crippen molar-refractivity contribution in [2.24, 2.45) is 0 Å². The average molecular weight is 318 g/mol. The highest BCUT2D eigenvalue weighted by Crippen LogP contribution is 2.27. The van der Waals surface area contributed by atoms with Crippen molar-refractivity contribution in [1.82, 2.24) is 10.3 Å². The van der Waals surface area contributed by atoms with Crippen molar-refractivity contribution in [2.75, 3.05) is 13.2 Å². The van der Waals surface area contributed by atoms with Crippen molar-refractivity contribution in [3.63, 3.8) is 0 Å². The van der Waals surface area contributed by atoms with Gasteiger partial charge >= 0.3 is 0 Å². The molecule has 1 amide bonds. The van der Waals surface area contributed by atoms with E-state index in [4.69, 9.17) is 9.47 Å². The summed E-state index contributed by atoms with van der Waals surface area (Å²) in [5.74, 6) is -0.0181. The average Bonchev–Trinajstić information content (AvgIpc) is 3.02. The number of ether oxygens (including phenoxy) is 2. The highest BCUT2D eigenvalue weighted by atomic mass is 32.1. The maximum Gasteiger partial charge on any atom is 0.251 e. The van der Waals surface area contributed by atoms with Crippen molar-refractivity contribution in [2.45, 2.75) is 37.5 Å². The fourth-order valence-corrected chi connectivity index (χ4v) is 3.98. The molecule has 1 N–H and O–H groups in total. The van der Waals surface area contributed by atoms with Crippen LogP contribution < -0.4 is 5.32 Å². The molecule has 22 heavy (non-hydrogen) atoms. The summed E-state index contributed by atoms with van der Waals surface area (Å²) in [5.41, 5.74) is 3.43. The Morgan fingerprint density at radius 3 is 3.00 bits per heavy atom. The zero-order valence-corrected chi connectivity index (χ0v) is 13.0. The normalized spacial score (nSPS) is 28.3. The minimum atomic E-state index is -0.0181. The topological polar surface area (TPSA) is 60.5 Å². The van der Waals surface area contributed by atoms with E-state index in [0.29, 0.717) is 18.8 Å². The van der Waals surface area contributed by atoms with Gasteiger partial charge in [-0.2, -0.15) is 0 Å². The number of carbonyl (C=O) groups excluding carboxylic acids is 1. The second kappa shape index (κ2) is 5.95. The van der Waals surface area contributed by atoms with Crippen LogP contribution in [-0.2, 0) is 9.47 Å². The first-order valence-electron chi connectivity index (χ1n) is 7.67. The van der Waals surface area contributed by atoms with Crippen molar-refractivity contribution < 1.29 is 14.3 Å². The molecule has 0 radical (unpaired) electrons. The minimum Gasteiger partial charge on any atom is -0.373 e. The number of rotatable bonds is 2. The van der Waals surface area contributed by atoms with Gasteiger partial charge in [0.25, 0.3) is 5.91 Å². The summed E-state index contributed by atoms with van der Waals surface area (Å²) in [7, 11) is 0. The van der Waals surface area contributed by atoms with Crippen molar-refractivity contribution >= 4 is 27.5 Å². The Balaban J connectivity index is 1.43. The molecule has 3 atom stereocenters. The summed E-state index contributed by atoms with van der Waals surface area (Å²) in [6.07, 6.45) is 3.05. The van der Waals surface area contributed by atoms with Crippen LogP contribution in [0.2, 0.25) is 0 Å². The number of carbonyl (C=O) groups is 1. The Morgan fingerprint density at radius 2 is 2.09 bits per heavy atom. The molecule has 2 aliphatic rings. The van der Waals surface area contributed by atoms with Gasteiger partial charge in [-0.15, -0.1) is 11.3 Å². The van der Waals surface area contributed by atoms with Crippen LogP contribution in [0.5, 0.6) is 0 Å². The SMILES string of the molecule is O=C(N[C@@H]1CC[C@H]2OCCO[C@@H]2C1)c1ccc2ncsc2c1. The lowest BCUT2D eigenvalue weighted by Gasteiger charge is -2.39. The lowest BCUT2D eigenvalue weighted by Crippen LogP contribution is -2.49. The van der Waals surface area contributed by atoms with E-state index in [2.05, 4.69) is 10.3 Å². The minimum absolute atomic E-state index is 0.0181. The zero-order chi connectivity index (χ0) is 14.9. The van der Waals surface area contributed by atoms with E-state index in [1.54, 1.807) is 16.8 Å². The molecule has 1 saturated carbocycles. The van der Waals surface area contributed by atoms with Crippen LogP contribution in [0.25, 0.3) is 10.2 Å². The number of thiazole rings is 1. The molecule has 5 nitrogen and oxygen atoms in total. The predicted molar refractivity (Wildman–Crippen MR) is 84.2 cm³/mol. The van der Waals surface area contributed by atoms with E-state index in [0.717, 1.165) is 29.5 Å². The number of nitrogens with one attached hydrogen (secondary N) is 1. The molecule has 1 saturated heterocycles. The number of aromatic nitrogens is 1. The third-order valence-electron chi connectivity index (χ3n) is 4.41. The van der Waals surface area contributed by atoms with Gasteiger partial charge in [0.1, 0.15) is 0 Å². The summed E-state index contributed by atoms with van der Waals surface area (Å²) in [6.45, 7) is 1.34. The summed E-state index contributed by atoms with van der Waals surface area (Å²) < 4.78 is 12.5. The second-order valence-electron chi connectivity index (χ2n) is 5.84. The van der Waals surface area contributed by atoms with Crippen LogP contribution >= 0.6 is 11.3 Å². The van der Waals surface area contributed by atoms with E-state index in [1.807, 2.05) is 18.2 Å². The van der Waals surface area contributed by atoms with Gasteiger partial charge in [-0.25, -0.2) is 4.98 Å². The number of fused-ring (bicyclic) bond motifs is 2. The molecule has 116 valence electrons. The van der Waals surface area contributed by atoms with Crippen LogP contribution in [0.15, 0.2) is 23.7 Å². The molecular weight excluding hydrogens is 300 g/mol. The molecule has 0 unspecified atom stereocenters. The Kier molecular flexibility index (Phi) is 3.82. The lowest BCUT2D eigenvalue weighted by molar-refractivity contribution is -0.157. The monoisotopic (exact) mass is 318 g/mol. The van der Waals surface area contributed by atoms with Crippen molar-refractivity contribution in [1.29, 1.82) is 0 Å². The molecule has 2 heterocycles. The van der Waals surface area contributed by atoms with E-state index in [-0.39, 0.29) is 24.2 Å². The molecule has 6 heteroatoms. The fourth-order valence-electron chi connectivity index (χ4n) is 3.26. The Bertz CT molecular complexity index is 687. The van der Waals surface area contributed by atoms with Gasteiger partial charge in [0, 0.05) is 11.6 Å². The number of amides is 1. The quantitative estimate of drug-likeness (QED) is 0.923. The number of nitrogens with zero attached hydrogens (tertiary/aromatic N) is 1. The van der Waals surface area contributed by atoms with Crippen LogP contribution in [0.3, 0.4) is 0 Å². The fraction of sp³-hybridized carbons (Fsp3) is 0.500. The van der Waals surface area contributed by atoms with Crippen molar-refractivity contribution in [3.8, 4) is 0 Å². The number of benzene rings is 1. The van der Waals surface area contributed by atoms with Crippen LogP contribution in [0, 0.1) is 0 Å². The van der Waals surface area contributed by atoms with E-state index in [9.17, 15) is 4.79 Å². The second-order valence-corrected chi connectivity index (χ2v) is 6.72. The molecule has 1 aliphatic carbocycles. The first-order chi connectivity index (χ1) is 10.8. The zero-order valence-electron chi connectivity index (χ0n) is 12.2. The standard InChI is InChI=1S/C16H18N2O3S/c19-16(10-1-3-12-15(7-10)22-9-17-12)18-11-2-4-13-14(8-11)21-6-5-20-13/h1,3,7,9,11,13-14H,2,4-6,8H2,(H,18,19)/t11-,13-,14-/m1/s1. The molecule has 4 rings (SSSR count). The Hall–Kier alpha value is -1.50. The molecule has 2 fully saturated rings. The third kappa shape index (κ3) is 2.74. The number of hydrogen-bond acceptors (Lipinski definition) is 5. The van der Waals surface area contributed by atoms with E-state index >= 15 is 0 Å². The maximum atomic E-state index is 12.4. The van der Waals surface area contributed by atoms with Gasteiger partial charge < -0.3 is 14.8 Å². The highest BCUT2D eigenvalue weighted by molar-refractivity contribution is 7.16. The Labute approximate surface area is 132 Å². The van der Waals surface area contributed by atoms with E-state index < -0.39 is 0 Å². The molecule has 0 spiro atoms. The molecule has 2 aromatic rings. The van der Waals surface area contributed by atoms with Gasteiger partial charge in [-0.05, 0) is 37.5 Å². The third-order valence-corrected chi connectivity index (χ3v) is 5.20. The molecule has 1 aromatic heterocycles. The van der Waals surface area contributed by atoms with Gasteiger partial charge in [0.2, 0.25) is 0 Å². The molecule has 1 aliphatic heterocycles. The Morgan fingerprint density at radius 1 is 1.23 bits per heavy atom. The van der Waals surface area contributed by atoms with Crippen molar-refractivity contribution in [3.05, 3.63) is 29.3 Å². The first-order valence-corrected chi connectivity index (χ1v) is 8.55. The van der Waals surface area contributed by atoms with Crippen LogP contribution in [0.4, 0.5) is 0 Å². The highest BCUT2D eigenvalue weighted by Gasteiger charge is 2.34. The van der Waals surface area contributed by atoms with Gasteiger partial charge in [0.05, 0.1) is 41.1 Å². The smallest absolute Gasteiger partial charge is 0.251 e. The molecule has 0 bridgehead atoms. The largest absolute Gasteiger partial charge is 0.373 e. The first kappa shape index (κ1) is 14.1. The van der Waals surface area contributed by atoms with Crippen LogP contribution in [0.1, 0.15) is 29.6 Å². The van der Waals surface area contributed by atoms with E-state index in [1.165, 1.54) is 0 Å². The molecule has 1 aromatic carbocycles. The predicted octanol–water partition coefficient (Wildman–Crippen LogP) is 2.36. The lowest BCUT2D eigenvalue weighted by atomic mass is 9.89. The number of hydrogen-bond donors (Lipinski definition) is 1. The summed E-state index contributed by atoms with van der Waals surface area (Å²) in [6, 6.07) is 5.81. The van der Waals surface area contributed by atoms with Gasteiger partial charge in [-0.1, -0.05) is 0 Å². The molecular formula is C16H18N2O3S. The van der Waals surface area contributed by atoms with Gasteiger partial charge in [0.15, 0.2) is 0 Å². The van der Waals surface area contributed by atoms with Gasteiger partial charge in [-0.3, -0.25) is 4.79 Å². The summed E-state index contributed by atoms with van der Waals surface area (Å²) in [5, 5.41) is 3.13. The summed E-state index contributed by atoms with van der Waals surface area (Å²) in [4.78, 5) is 16.7. The van der Waals surface area contributed by atoms with Crippen LogP contribution in [-0.4, -0.2) is 42.4 Å². The summed E-state index contributed by atoms with van der Waals surface area (Å²) >= 11 is 1.55.